The van der Waals surface area contributed by atoms with Crippen molar-refractivity contribution >= 4 is 11.5 Å². The van der Waals surface area contributed by atoms with Crippen molar-refractivity contribution in [2.45, 2.75) is 20.3 Å². The first-order valence-electron chi connectivity index (χ1n) is 5.78. The van der Waals surface area contributed by atoms with Crippen molar-refractivity contribution in [3.05, 3.63) is 35.9 Å². The average Bonchev–Trinajstić information content (AvgIpc) is 2.36. The second-order valence-electron chi connectivity index (χ2n) is 3.85. The number of carbonyl (C=O) groups excluding carboxylic acids is 1. The molecule has 0 saturated heterocycles. The fraction of sp³-hybridized carbons (Fsp3) is 0.357. The first kappa shape index (κ1) is 13.3. The molecule has 1 rings (SSSR count). The van der Waals surface area contributed by atoms with Crippen LogP contribution in [0.2, 0.25) is 0 Å². The maximum Gasteiger partial charge on any atom is 0.244 e. The van der Waals surface area contributed by atoms with E-state index in [0.29, 0.717) is 6.54 Å². The highest BCUT2D eigenvalue weighted by atomic mass is 16.5. The molecule has 1 aromatic rings. The highest BCUT2D eigenvalue weighted by molar-refractivity contribution is 5.94. The minimum absolute atomic E-state index is 0.0415. The quantitative estimate of drug-likeness (QED) is 0.794. The zero-order valence-corrected chi connectivity index (χ0v) is 10.6. The number of hydrogen-bond donors (Lipinski definition) is 1. The fourth-order valence-corrected chi connectivity index (χ4v) is 1.43. The van der Waals surface area contributed by atoms with Gasteiger partial charge in [0.05, 0.1) is 7.11 Å². The van der Waals surface area contributed by atoms with Crippen molar-refractivity contribution in [3.63, 3.8) is 0 Å². The summed E-state index contributed by atoms with van der Waals surface area (Å²) < 4.78 is 5.08. The van der Waals surface area contributed by atoms with Gasteiger partial charge in [-0.2, -0.15) is 0 Å². The van der Waals surface area contributed by atoms with Crippen molar-refractivity contribution in [1.82, 2.24) is 5.32 Å². The van der Waals surface area contributed by atoms with Crippen LogP contribution in [0.25, 0.3) is 5.57 Å². The summed E-state index contributed by atoms with van der Waals surface area (Å²) in [7, 11) is 1.63. The second-order valence-corrected chi connectivity index (χ2v) is 3.85. The number of hydrogen-bond acceptors (Lipinski definition) is 2. The van der Waals surface area contributed by atoms with Crippen LogP contribution in [0.5, 0.6) is 5.75 Å². The Balaban J connectivity index is 2.70. The number of rotatable bonds is 5. The Hall–Kier alpha value is -1.77. The Bertz CT molecular complexity index is 393. The molecule has 17 heavy (non-hydrogen) atoms. The van der Waals surface area contributed by atoms with Gasteiger partial charge < -0.3 is 10.1 Å². The highest BCUT2D eigenvalue weighted by Gasteiger charge is 2.00. The predicted molar refractivity (Wildman–Crippen MR) is 69.9 cm³/mol. The molecule has 0 saturated carbocycles. The number of carbonyl (C=O) groups is 1. The highest BCUT2D eigenvalue weighted by Crippen LogP contribution is 2.17. The molecule has 1 amide bonds. The fourth-order valence-electron chi connectivity index (χ4n) is 1.43. The molecular formula is C14H19NO2. The first-order valence-corrected chi connectivity index (χ1v) is 5.78. The molecule has 0 aromatic heterocycles. The number of allylic oxidation sites excluding steroid dienone is 1. The van der Waals surface area contributed by atoms with Crippen molar-refractivity contribution in [2.75, 3.05) is 13.7 Å². The van der Waals surface area contributed by atoms with Crippen LogP contribution in [0.1, 0.15) is 25.8 Å². The third-order valence-corrected chi connectivity index (χ3v) is 2.44. The third-order valence-electron chi connectivity index (χ3n) is 2.44. The SMILES string of the molecule is CCCNC(=O)/C=C(\C)c1ccc(OC)cc1. The largest absolute Gasteiger partial charge is 0.497 e. The zero-order chi connectivity index (χ0) is 12.7. The molecular weight excluding hydrogens is 214 g/mol. The standard InChI is InChI=1S/C14H19NO2/c1-4-9-15-14(16)10-11(2)12-5-7-13(17-3)8-6-12/h5-8,10H,4,9H2,1-3H3,(H,15,16)/b11-10+. The monoisotopic (exact) mass is 233 g/mol. The summed E-state index contributed by atoms with van der Waals surface area (Å²) in [5.74, 6) is 0.775. The van der Waals surface area contributed by atoms with Gasteiger partial charge in [-0.15, -0.1) is 0 Å². The Kier molecular flexibility index (Phi) is 5.27. The lowest BCUT2D eigenvalue weighted by molar-refractivity contribution is -0.116. The van der Waals surface area contributed by atoms with Crippen LogP contribution in [0, 0.1) is 0 Å². The molecule has 0 aliphatic heterocycles. The molecule has 0 fully saturated rings. The normalized spacial score (nSPS) is 11.1. The molecule has 3 nitrogen and oxygen atoms in total. The Morgan fingerprint density at radius 2 is 2.00 bits per heavy atom. The van der Waals surface area contributed by atoms with E-state index in [2.05, 4.69) is 5.32 Å². The van der Waals surface area contributed by atoms with Gasteiger partial charge in [0.15, 0.2) is 0 Å². The molecule has 0 radical (unpaired) electrons. The van der Waals surface area contributed by atoms with Crippen molar-refractivity contribution < 1.29 is 9.53 Å². The van der Waals surface area contributed by atoms with E-state index < -0.39 is 0 Å². The van der Waals surface area contributed by atoms with Crippen molar-refractivity contribution in [1.29, 1.82) is 0 Å². The molecule has 0 spiro atoms. The van der Waals surface area contributed by atoms with Crippen LogP contribution in [-0.2, 0) is 4.79 Å². The van der Waals surface area contributed by atoms with E-state index in [1.165, 1.54) is 0 Å². The van der Waals surface area contributed by atoms with Gasteiger partial charge in [0, 0.05) is 12.6 Å². The lowest BCUT2D eigenvalue weighted by Gasteiger charge is -2.04. The Morgan fingerprint density at radius 1 is 1.35 bits per heavy atom. The summed E-state index contributed by atoms with van der Waals surface area (Å²) >= 11 is 0. The summed E-state index contributed by atoms with van der Waals surface area (Å²) in [6, 6.07) is 7.66. The first-order chi connectivity index (χ1) is 8.17. The van der Waals surface area contributed by atoms with E-state index in [9.17, 15) is 4.79 Å². The van der Waals surface area contributed by atoms with Crippen LogP contribution < -0.4 is 10.1 Å². The van der Waals surface area contributed by atoms with Crippen LogP contribution in [-0.4, -0.2) is 19.6 Å². The molecule has 0 aliphatic rings. The van der Waals surface area contributed by atoms with Gasteiger partial charge >= 0.3 is 0 Å². The van der Waals surface area contributed by atoms with Crippen molar-refractivity contribution in [2.24, 2.45) is 0 Å². The zero-order valence-electron chi connectivity index (χ0n) is 10.6. The van der Waals surface area contributed by atoms with Gasteiger partial charge in [0.25, 0.3) is 0 Å². The lowest BCUT2D eigenvalue weighted by Crippen LogP contribution is -2.21. The van der Waals surface area contributed by atoms with E-state index in [-0.39, 0.29) is 5.91 Å². The third kappa shape index (κ3) is 4.31. The van der Waals surface area contributed by atoms with Gasteiger partial charge in [-0.1, -0.05) is 19.1 Å². The maximum atomic E-state index is 11.5. The van der Waals surface area contributed by atoms with E-state index in [1.807, 2.05) is 38.1 Å². The molecule has 1 aromatic carbocycles. The molecule has 0 aliphatic carbocycles. The van der Waals surface area contributed by atoms with Gasteiger partial charge in [0.1, 0.15) is 5.75 Å². The van der Waals surface area contributed by atoms with Crippen LogP contribution >= 0.6 is 0 Å². The second kappa shape index (κ2) is 6.74. The summed E-state index contributed by atoms with van der Waals surface area (Å²) in [6.07, 6.45) is 2.57. The number of methoxy groups -OCH3 is 1. The summed E-state index contributed by atoms with van der Waals surface area (Å²) in [6.45, 7) is 4.67. The van der Waals surface area contributed by atoms with Crippen LogP contribution in [0.4, 0.5) is 0 Å². The van der Waals surface area contributed by atoms with E-state index >= 15 is 0 Å². The van der Waals surface area contributed by atoms with Crippen LogP contribution in [0.15, 0.2) is 30.3 Å². The Labute approximate surface area is 102 Å². The maximum absolute atomic E-state index is 11.5. The Morgan fingerprint density at radius 3 is 2.53 bits per heavy atom. The van der Waals surface area contributed by atoms with Crippen LogP contribution in [0.3, 0.4) is 0 Å². The molecule has 0 heterocycles. The number of benzene rings is 1. The minimum Gasteiger partial charge on any atom is -0.497 e. The average molecular weight is 233 g/mol. The van der Waals surface area contributed by atoms with E-state index in [0.717, 1.165) is 23.3 Å². The topological polar surface area (TPSA) is 38.3 Å². The number of amides is 1. The lowest BCUT2D eigenvalue weighted by atomic mass is 10.1. The van der Waals surface area contributed by atoms with Gasteiger partial charge in [0.2, 0.25) is 5.91 Å². The molecule has 3 heteroatoms. The summed E-state index contributed by atoms with van der Waals surface area (Å²) in [5.41, 5.74) is 1.97. The molecule has 0 atom stereocenters. The molecule has 1 N–H and O–H groups in total. The smallest absolute Gasteiger partial charge is 0.244 e. The molecule has 92 valence electrons. The number of nitrogens with one attached hydrogen (secondary N) is 1. The summed E-state index contributed by atoms with van der Waals surface area (Å²) in [5, 5.41) is 2.82. The molecule has 0 bridgehead atoms. The molecule has 0 unspecified atom stereocenters. The van der Waals surface area contributed by atoms with E-state index in [4.69, 9.17) is 4.74 Å². The van der Waals surface area contributed by atoms with E-state index in [1.54, 1.807) is 13.2 Å². The van der Waals surface area contributed by atoms with Gasteiger partial charge in [-0.3, -0.25) is 4.79 Å². The minimum atomic E-state index is -0.0415. The number of ether oxygens (including phenoxy) is 1. The van der Waals surface area contributed by atoms with Crippen molar-refractivity contribution in [3.8, 4) is 5.75 Å². The summed E-state index contributed by atoms with van der Waals surface area (Å²) in [4.78, 5) is 11.5. The van der Waals surface area contributed by atoms with Gasteiger partial charge in [-0.05, 0) is 36.6 Å². The van der Waals surface area contributed by atoms with Gasteiger partial charge in [-0.25, -0.2) is 0 Å². The predicted octanol–water partition coefficient (Wildman–Crippen LogP) is 2.62.